The van der Waals surface area contributed by atoms with Crippen molar-refractivity contribution in [2.45, 2.75) is 25.1 Å². The second-order valence-corrected chi connectivity index (χ2v) is 5.10. The van der Waals surface area contributed by atoms with Gasteiger partial charge in [0, 0.05) is 6.42 Å². The fraction of sp³-hybridized carbons (Fsp3) is 0.857. The molecule has 0 aliphatic heterocycles. The van der Waals surface area contributed by atoms with Gasteiger partial charge >= 0.3 is 12.1 Å². The van der Waals surface area contributed by atoms with Crippen molar-refractivity contribution in [3.05, 3.63) is 0 Å². The molecule has 0 aromatic rings. The van der Waals surface area contributed by atoms with E-state index in [9.17, 15) is 26.4 Å². The molecule has 0 heterocycles. The van der Waals surface area contributed by atoms with Gasteiger partial charge in [0.05, 0.1) is 12.4 Å². The Kier molecular flexibility index (Phi) is 5.85. The van der Waals surface area contributed by atoms with Crippen molar-refractivity contribution >= 4 is 16.0 Å². The number of hydrogen-bond acceptors (Lipinski definition) is 4. The molecule has 1 atom stereocenters. The Bertz CT molecular complexity index is 353. The molecule has 0 rings (SSSR count). The van der Waals surface area contributed by atoms with E-state index in [1.807, 2.05) is 0 Å². The zero-order chi connectivity index (χ0) is 13.7. The summed E-state index contributed by atoms with van der Waals surface area (Å²) in [5, 5.41) is 17.0. The number of aliphatic hydroxyl groups is 1. The highest BCUT2D eigenvalue weighted by Crippen LogP contribution is 2.21. The lowest BCUT2D eigenvalue weighted by Crippen LogP contribution is -2.44. The molecule has 0 aromatic heterocycles. The van der Waals surface area contributed by atoms with E-state index >= 15 is 0 Å². The Balaban J connectivity index is 4.26. The summed E-state index contributed by atoms with van der Waals surface area (Å²) in [6.07, 6.45) is -6.40. The van der Waals surface area contributed by atoms with Crippen molar-refractivity contribution < 1.29 is 36.6 Å². The number of hydrogen-bond donors (Lipinski definition) is 3. The van der Waals surface area contributed by atoms with Crippen LogP contribution in [0.3, 0.4) is 0 Å². The molecule has 6 nitrogen and oxygen atoms in total. The van der Waals surface area contributed by atoms with Crippen molar-refractivity contribution in [1.82, 2.24) is 4.72 Å². The second kappa shape index (κ2) is 6.17. The molecule has 0 aromatic carbocycles. The number of rotatable bonds is 7. The summed E-state index contributed by atoms with van der Waals surface area (Å²) < 4.78 is 59.1. The number of nitrogens with one attached hydrogen (secondary N) is 1. The molecule has 0 aliphatic carbocycles. The van der Waals surface area contributed by atoms with Crippen LogP contribution in [0.25, 0.3) is 0 Å². The maximum Gasteiger partial charge on any atom is 0.389 e. The fourth-order valence-corrected chi connectivity index (χ4v) is 2.16. The fourth-order valence-electron chi connectivity index (χ4n) is 0.904. The molecule has 102 valence electrons. The minimum Gasteiger partial charge on any atom is -0.480 e. The number of sulfonamides is 1. The highest BCUT2D eigenvalue weighted by molar-refractivity contribution is 7.89. The maximum atomic E-state index is 11.7. The molecule has 0 saturated heterocycles. The summed E-state index contributed by atoms with van der Waals surface area (Å²) in [5.41, 5.74) is 0. The quantitative estimate of drug-likeness (QED) is 0.593. The molecule has 0 spiro atoms. The van der Waals surface area contributed by atoms with Gasteiger partial charge in [-0.25, -0.2) is 8.42 Å². The van der Waals surface area contributed by atoms with Crippen molar-refractivity contribution in [2.24, 2.45) is 0 Å². The molecule has 0 radical (unpaired) electrons. The van der Waals surface area contributed by atoms with Gasteiger partial charge in [0.1, 0.15) is 6.04 Å². The number of carboxylic acids is 1. The van der Waals surface area contributed by atoms with Crippen LogP contribution in [0.2, 0.25) is 0 Å². The van der Waals surface area contributed by atoms with E-state index in [-0.39, 0.29) is 0 Å². The lowest BCUT2D eigenvalue weighted by molar-refractivity contribution is -0.140. The van der Waals surface area contributed by atoms with E-state index in [0.29, 0.717) is 0 Å². The van der Waals surface area contributed by atoms with E-state index in [4.69, 9.17) is 10.2 Å². The van der Waals surface area contributed by atoms with Gasteiger partial charge in [0.15, 0.2) is 0 Å². The number of halogens is 3. The van der Waals surface area contributed by atoms with Crippen molar-refractivity contribution in [3.63, 3.8) is 0 Å². The third-order valence-corrected chi connectivity index (χ3v) is 3.15. The summed E-state index contributed by atoms with van der Waals surface area (Å²) in [6, 6.07) is -1.74. The zero-order valence-corrected chi connectivity index (χ0v) is 9.38. The van der Waals surface area contributed by atoms with Gasteiger partial charge < -0.3 is 10.2 Å². The lowest BCUT2D eigenvalue weighted by atomic mass is 10.3. The van der Waals surface area contributed by atoms with Crippen molar-refractivity contribution in [1.29, 1.82) is 0 Å². The van der Waals surface area contributed by atoms with Gasteiger partial charge in [0.25, 0.3) is 0 Å². The van der Waals surface area contributed by atoms with Crippen LogP contribution in [-0.2, 0) is 14.8 Å². The van der Waals surface area contributed by atoms with Crippen LogP contribution < -0.4 is 4.72 Å². The summed E-state index contributed by atoms with van der Waals surface area (Å²) >= 11 is 0. The normalized spacial score (nSPS) is 14.6. The standard InChI is InChI=1S/C7H12F3NO5S/c8-7(9,10)2-1-3-17(15,16)11-5(4-12)6(13)14/h5,11-12H,1-4H2,(H,13,14)/t5-/m1/s1. The molecule has 3 N–H and O–H groups in total. The van der Waals surface area contributed by atoms with Crippen LogP contribution in [0, 0.1) is 0 Å². The number of aliphatic carboxylic acids is 1. The highest BCUT2D eigenvalue weighted by atomic mass is 32.2. The number of carbonyl (C=O) groups is 1. The molecular formula is C7H12F3NO5S. The highest BCUT2D eigenvalue weighted by Gasteiger charge is 2.28. The number of alkyl halides is 3. The summed E-state index contributed by atoms with van der Waals surface area (Å²) in [6.45, 7) is -0.978. The first-order valence-corrected chi connectivity index (χ1v) is 6.13. The van der Waals surface area contributed by atoms with Gasteiger partial charge in [-0.3, -0.25) is 4.79 Å². The number of carboxylic acid groups (broad SMARTS) is 1. The SMILES string of the molecule is O=C(O)[C@@H](CO)NS(=O)(=O)CCCC(F)(F)F. The lowest BCUT2D eigenvalue weighted by Gasteiger charge is -2.12. The third kappa shape index (κ3) is 7.94. The van der Waals surface area contributed by atoms with E-state index in [2.05, 4.69) is 0 Å². The molecule has 0 amide bonds. The van der Waals surface area contributed by atoms with Crippen LogP contribution >= 0.6 is 0 Å². The van der Waals surface area contributed by atoms with Crippen LogP contribution in [0.5, 0.6) is 0 Å². The van der Waals surface area contributed by atoms with Crippen molar-refractivity contribution in [3.8, 4) is 0 Å². The summed E-state index contributed by atoms with van der Waals surface area (Å²) in [7, 11) is -4.15. The Hall–Kier alpha value is -0.870. The van der Waals surface area contributed by atoms with Crippen LogP contribution in [-0.4, -0.2) is 49.2 Å². The maximum absolute atomic E-state index is 11.7. The summed E-state index contributed by atoms with van der Waals surface area (Å²) in [5.74, 6) is -2.46. The molecule has 0 fully saturated rings. The van der Waals surface area contributed by atoms with Crippen LogP contribution in [0.1, 0.15) is 12.8 Å². The average Bonchev–Trinajstić information content (AvgIpc) is 2.11. The molecule has 0 saturated carbocycles. The Morgan fingerprint density at radius 2 is 1.88 bits per heavy atom. The molecular weight excluding hydrogens is 267 g/mol. The largest absolute Gasteiger partial charge is 0.480 e. The molecule has 10 heteroatoms. The van der Waals surface area contributed by atoms with Gasteiger partial charge in [-0.15, -0.1) is 0 Å². The van der Waals surface area contributed by atoms with Gasteiger partial charge in [0.2, 0.25) is 10.0 Å². The van der Waals surface area contributed by atoms with Gasteiger partial charge in [-0.2, -0.15) is 17.9 Å². The van der Waals surface area contributed by atoms with E-state index in [1.165, 1.54) is 0 Å². The Morgan fingerprint density at radius 1 is 1.35 bits per heavy atom. The van der Waals surface area contributed by atoms with Gasteiger partial charge in [-0.1, -0.05) is 0 Å². The van der Waals surface area contributed by atoms with E-state index in [0.717, 1.165) is 0 Å². The summed E-state index contributed by atoms with van der Waals surface area (Å²) in [4.78, 5) is 10.4. The molecule has 17 heavy (non-hydrogen) atoms. The molecule has 0 bridgehead atoms. The first-order chi connectivity index (χ1) is 7.57. The van der Waals surface area contributed by atoms with Crippen molar-refractivity contribution in [2.75, 3.05) is 12.4 Å². The molecule has 0 aliphatic rings. The zero-order valence-electron chi connectivity index (χ0n) is 8.57. The predicted molar refractivity (Wildman–Crippen MR) is 50.7 cm³/mol. The minimum atomic E-state index is -4.46. The second-order valence-electron chi connectivity index (χ2n) is 3.23. The smallest absolute Gasteiger partial charge is 0.389 e. The van der Waals surface area contributed by atoms with E-state index < -0.39 is 53.4 Å². The predicted octanol–water partition coefficient (Wildman–Crippen LogP) is -0.306. The first kappa shape index (κ1) is 16.1. The minimum absolute atomic E-state index is 0.670. The molecule has 0 unspecified atom stereocenters. The monoisotopic (exact) mass is 279 g/mol. The van der Waals surface area contributed by atoms with Gasteiger partial charge in [-0.05, 0) is 6.42 Å². The van der Waals surface area contributed by atoms with Crippen LogP contribution in [0.4, 0.5) is 13.2 Å². The average molecular weight is 279 g/mol. The van der Waals surface area contributed by atoms with E-state index in [1.54, 1.807) is 4.72 Å². The first-order valence-electron chi connectivity index (χ1n) is 4.48. The third-order valence-electron chi connectivity index (χ3n) is 1.68. The van der Waals surface area contributed by atoms with Crippen LogP contribution in [0.15, 0.2) is 0 Å². The number of aliphatic hydroxyl groups excluding tert-OH is 1. The Labute approximate surface area is 95.5 Å². The topological polar surface area (TPSA) is 104 Å². The Morgan fingerprint density at radius 3 is 2.24 bits per heavy atom.